The molecule has 2 aromatic rings. The first-order valence-corrected chi connectivity index (χ1v) is 8.35. The van der Waals surface area contributed by atoms with Crippen LogP contribution in [0.4, 0.5) is 5.69 Å². The largest absolute Gasteiger partial charge is 0.455 e. The highest BCUT2D eigenvalue weighted by Crippen LogP contribution is 2.26. The van der Waals surface area contributed by atoms with E-state index in [1.54, 1.807) is 6.07 Å². The van der Waals surface area contributed by atoms with Gasteiger partial charge in [0.25, 0.3) is 0 Å². The van der Waals surface area contributed by atoms with Crippen molar-refractivity contribution in [3.05, 3.63) is 31.7 Å². The molecule has 0 saturated carbocycles. The molecular weight excluding hydrogens is 354 g/mol. The van der Waals surface area contributed by atoms with Gasteiger partial charge in [-0.1, -0.05) is 6.92 Å². The SMILES string of the molecule is CCc1nn(CC)c(COC(=O)c2cc(N)c(C)s2)c1Br. The van der Waals surface area contributed by atoms with Gasteiger partial charge in [0.15, 0.2) is 0 Å². The second-order valence-corrected chi connectivity index (χ2v) is 6.62. The van der Waals surface area contributed by atoms with Gasteiger partial charge < -0.3 is 10.5 Å². The predicted octanol–water partition coefficient (Wildman–Crippen LogP) is 3.54. The minimum Gasteiger partial charge on any atom is -0.455 e. The molecule has 0 atom stereocenters. The lowest BCUT2D eigenvalue weighted by Crippen LogP contribution is -2.09. The molecule has 0 spiro atoms. The zero-order valence-corrected chi connectivity index (χ0v) is 14.7. The van der Waals surface area contributed by atoms with E-state index in [0.29, 0.717) is 10.6 Å². The highest BCUT2D eigenvalue weighted by Gasteiger charge is 2.17. The zero-order chi connectivity index (χ0) is 15.6. The van der Waals surface area contributed by atoms with E-state index >= 15 is 0 Å². The highest BCUT2D eigenvalue weighted by molar-refractivity contribution is 9.10. The quantitative estimate of drug-likeness (QED) is 0.815. The molecule has 0 saturated heterocycles. The first-order valence-electron chi connectivity index (χ1n) is 6.74. The Bertz CT molecular complexity index is 644. The number of esters is 1. The number of hydrogen-bond donors (Lipinski definition) is 1. The molecule has 0 aliphatic carbocycles. The average Bonchev–Trinajstić information content (AvgIpc) is 2.96. The number of anilines is 1. The fraction of sp³-hybridized carbons (Fsp3) is 0.429. The molecule has 0 fully saturated rings. The number of ether oxygens (including phenoxy) is 1. The van der Waals surface area contributed by atoms with E-state index < -0.39 is 0 Å². The van der Waals surface area contributed by atoms with Gasteiger partial charge in [-0.05, 0) is 42.3 Å². The summed E-state index contributed by atoms with van der Waals surface area (Å²) in [5, 5.41) is 4.48. The van der Waals surface area contributed by atoms with Crippen molar-refractivity contribution in [2.75, 3.05) is 5.73 Å². The molecule has 2 heterocycles. The maximum Gasteiger partial charge on any atom is 0.348 e. The topological polar surface area (TPSA) is 70.1 Å². The van der Waals surface area contributed by atoms with Crippen LogP contribution in [-0.4, -0.2) is 15.7 Å². The van der Waals surface area contributed by atoms with E-state index in [-0.39, 0.29) is 12.6 Å². The lowest BCUT2D eigenvalue weighted by Gasteiger charge is -2.06. The molecule has 7 heteroatoms. The fourth-order valence-corrected chi connectivity index (χ4v) is 3.47. The Labute approximate surface area is 136 Å². The number of aromatic nitrogens is 2. The lowest BCUT2D eigenvalue weighted by atomic mass is 10.3. The Kier molecular flexibility index (Phi) is 5.05. The third-order valence-corrected chi connectivity index (χ3v) is 5.15. The van der Waals surface area contributed by atoms with Crippen LogP contribution in [0.5, 0.6) is 0 Å². The molecule has 114 valence electrons. The molecular formula is C14H18BrN3O2S. The van der Waals surface area contributed by atoms with Gasteiger partial charge in [-0.15, -0.1) is 11.3 Å². The summed E-state index contributed by atoms with van der Waals surface area (Å²) in [5.41, 5.74) is 8.23. The van der Waals surface area contributed by atoms with Crippen molar-refractivity contribution in [3.8, 4) is 0 Å². The van der Waals surface area contributed by atoms with Crippen LogP contribution in [0.2, 0.25) is 0 Å². The first kappa shape index (κ1) is 16.0. The molecule has 21 heavy (non-hydrogen) atoms. The van der Waals surface area contributed by atoms with Crippen LogP contribution in [0.3, 0.4) is 0 Å². The van der Waals surface area contributed by atoms with Crippen molar-refractivity contribution >= 4 is 38.9 Å². The Hall–Kier alpha value is -1.34. The summed E-state index contributed by atoms with van der Waals surface area (Å²) < 4.78 is 8.16. The van der Waals surface area contributed by atoms with Crippen LogP contribution in [0.15, 0.2) is 10.5 Å². The van der Waals surface area contributed by atoms with E-state index in [0.717, 1.165) is 33.7 Å². The third-order valence-electron chi connectivity index (χ3n) is 3.19. The zero-order valence-electron chi connectivity index (χ0n) is 12.3. The lowest BCUT2D eigenvalue weighted by molar-refractivity contribution is 0.0467. The smallest absolute Gasteiger partial charge is 0.348 e. The minimum absolute atomic E-state index is 0.192. The summed E-state index contributed by atoms with van der Waals surface area (Å²) in [6.45, 7) is 6.86. The van der Waals surface area contributed by atoms with Gasteiger partial charge in [0.2, 0.25) is 0 Å². The van der Waals surface area contributed by atoms with Crippen molar-refractivity contribution in [2.45, 2.75) is 40.3 Å². The van der Waals surface area contributed by atoms with Crippen molar-refractivity contribution in [1.82, 2.24) is 9.78 Å². The van der Waals surface area contributed by atoms with Crippen LogP contribution < -0.4 is 5.73 Å². The molecule has 2 rings (SSSR count). The maximum atomic E-state index is 12.1. The number of carbonyl (C=O) groups excluding carboxylic acids is 1. The Balaban J connectivity index is 2.12. The number of nitrogens with two attached hydrogens (primary N) is 1. The Morgan fingerprint density at radius 3 is 2.76 bits per heavy atom. The number of hydrogen-bond acceptors (Lipinski definition) is 5. The van der Waals surface area contributed by atoms with Gasteiger partial charge in [0.05, 0.1) is 15.9 Å². The van der Waals surface area contributed by atoms with Crippen molar-refractivity contribution in [2.24, 2.45) is 0 Å². The number of halogens is 1. The molecule has 0 aliphatic heterocycles. The van der Waals surface area contributed by atoms with Crippen LogP contribution in [-0.2, 0) is 24.3 Å². The molecule has 0 bridgehead atoms. The number of nitrogens with zero attached hydrogens (tertiary/aromatic N) is 2. The van der Waals surface area contributed by atoms with Gasteiger partial charge in [-0.3, -0.25) is 4.68 Å². The molecule has 0 aromatic carbocycles. The maximum absolute atomic E-state index is 12.1. The average molecular weight is 372 g/mol. The first-order chi connectivity index (χ1) is 9.97. The fourth-order valence-electron chi connectivity index (χ4n) is 1.96. The highest BCUT2D eigenvalue weighted by atomic mass is 79.9. The number of aryl methyl sites for hydroxylation is 3. The molecule has 0 amide bonds. The Morgan fingerprint density at radius 1 is 1.52 bits per heavy atom. The predicted molar refractivity (Wildman–Crippen MR) is 87.6 cm³/mol. The van der Waals surface area contributed by atoms with Crippen molar-refractivity contribution in [3.63, 3.8) is 0 Å². The molecule has 2 N–H and O–H groups in total. The van der Waals surface area contributed by atoms with Gasteiger partial charge in [0.1, 0.15) is 11.5 Å². The standard InChI is InChI=1S/C14H18BrN3O2S/c1-4-10-13(15)11(18(5-2)17-10)7-20-14(19)12-6-9(16)8(3)21-12/h6H,4-5,7,16H2,1-3H3. The summed E-state index contributed by atoms with van der Waals surface area (Å²) in [6, 6.07) is 1.66. The van der Waals surface area contributed by atoms with Crippen molar-refractivity contribution < 1.29 is 9.53 Å². The number of carbonyl (C=O) groups is 1. The van der Waals surface area contributed by atoms with Crippen LogP contribution in [0.25, 0.3) is 0 Å². The van der Waals surface area contributed by atoms with Crippen LogP contribution in [0.1, 0.15) is 39.8 Å². The van der Waals surface area contributed by atoms with Gasteiger partial charge in [-0.2, -0.15) is 5.10 Å². The molecule has 0 unspecified atom stereocenters. The van der Waals surface area contributed by atoms with E-state index in [4.69, 9.17) is 10.5 Å². The van der Waals surface area contributed by atoms with Crippen molar-refractivity contribution in [1.29, 1.82) is 0 Å². The van der Waals surface area contributed by atoms with Gasteiger partial charge >= 0.3 is 5.97 Å². The summed E-state index contributed by atoms with van der Waals surface area (Å²) in [7, 11) is 0. The van der Waals surface area contributed by atoms with E-state index in [1.165, 1.54) is 11.3 Å². The Morgan fingerprint density at radius 2 is 2.24 bits per heavy atom. The minimum atomic E-state index is -0.353. The number of thiophene rings is 1. The number of nitrogen functional groups attached to an aromatic ring is 1. The second kappa shape index (κ2) is 6.62. The normalized spacial score (nSPS) is 10.9. The molecule has 0 radical (unpaired) electrons. The second-order valence-electron chi connectivity index (χ2n) is 4.57. The van der Waals surface area contributed by atoms with E-state index in [9.17, 15) is 4.79 Å². The summed E-state index contributed by atoms with van der Waals surface area (Å²) >= 11 is 4.88. The van der Waals surface area contributed by atoms with Gasteiger partial charge in [-0.25, -0.2) is 4.79 Å². The molecule has 5 nitrogen and oxygen atoms in total. The van der Waals surface area contributed by atoms with Crippen LogP contribution in [0, 0.1) is 6.92 Å². The molecule has 0 aliphatic rings. The third kappa shape index (κ3) is 3.29. The summed E-state index contributed by atoms with van der Waals surface area (Å²) in [4.78, 5) is 13.5. The monoisotopic (exact) mass is 371 g/mol. The number of rotatable bonds is 5. The summed E-state index contributed by atoms with van der Waals surface area (Å²) in [6.07, 6.45) is 0.829. The van der Waals surface area contributed by atoms with Gasteiger partial charge in [0, 0.05) is 17.1 Å². The van der Waals surface area contributed by atoms with E-state index in [2.05, 4.69) is 21.0 Å². The van der Waals surface area contributed by atoms with E-state index in [1.807, 2.05) is 25.5 Å². The molecule has 2 aromatic heterocycles. The summed E-state index contributed by atoms with van der Waals surface area (Å²) in [5.74, 6) is -0.353. The van der Waals surface area contributed by atoms with Crippen LogP contribution >= 0.6 is 27.3 Å².